The Morgan fingerprint density at radius 3 is 2.75 bits per heavy atom. The Morgan fingerprint density at radius 1 is 1.50 bits per heavy atom. The fourth-order valence-electron chi connectivity index (χ4n) is 0.889. The molecule has 0 aliphatic carbocycles. The Balaban J connectivity index is 2.69. The van der Waals surface area contributed by atoms with Crippen molar-refractivity contribution in [2.75, 3.05) is 11.9 Å². The van der Waals surface area contributed by atoms with Gasteiger partial charge in [0.05, 0.1) is 17.3 Å². The Morgan fingerprint density at radius 2 is 2.17 bits per heavy atom. The fourth-order valence-corrected chi connectivity index (χ4v) is 1.08. The largest absolute Gasteiger partial charge is 0.394 e. The van der Waals surface area contributed by atoms with Gasteiger partial charge in [-0.2, -0.15) is 0 Å². The van der Waals surface area contributed by atoms with Gasteiger partial charge in [-0.1, -0.05) is 23.7 Å². The average molecular weight is 186 g/mol. The molecule has 0 spiro atoms. The van der Waals surface area contributed by atoms with Crippen LogP contribution in [0.15, 0.2) is 24.3 Å². The van der Waals surface area contributed by atoms with Gasteiger partial charge in [0.2, 0.25) is 0 Å². The number of rotatable bonds is 3. The maximum Gasteiger partial charge on any atom is 0.0637 e. The number of halogens is 1. The summed E-state index contributed by atoms with van der Waals surface area (Å²) in [5, 5.41) is 12.5. The SMILES string of the molecule is CC(CO)Nc1ccccc1Cl. The van der Waals surface area contributed by atoms with E-state index >= 15 is 0 Å². The highest BCUT2D eigenvalue weighted by molar-refractivity contribution is 6.33. The number of anilines is 1. The van der Waals surface area contributed by atoms with Crippen molar-refractivity contribution in [3.05, 3.63) is 29.3 Å². The van der Waals surface area contributed by atoms with Crippen LogP contribution in [0.4, 0.5) is 5.69 Å². The molecule has 2 N–H and O–H groups in total. The van der Waals surface area contributed by atoms with Gasteiger partial charge in [0.1, 0.15) is 0 Å². The topological polar surface area (TPSA) is 32.3 Å². The van der Waals surface area contributed by atoms with Crippen LogP contribution < -0.4 is 5.32 Å². The van der Waals surface area contributed by atoms with Gasteiger partial charge in [-0.3, -0.25) is 0 Å². The van der Waals surface area contributed by atoms with Crippen LogP contribution in [0.1, 0.15) is 6.92 Å². The zero-order valence-corrected chi connectivity index (χ0v) is 7.67. The van der Waals surface area contributed by atoms with Crippen molar-refractivity contribution in [2.45, 2.75) is 13.0 Å². The maximum atomic E-state index is 8.78. The fraction of sp³-hybridized carbons (Fsp3) is 0.333. The van der Waals surface area contributed by atoms with Gasteiger partial charge in [-0.25, -0.2) is 0 Å². The van der Waals surface area contributed by atoms with E-state index < -0.39 is 0 Å². The highest BCUT2D eigenvalue weighted by atomic mass is 35.5. The lowest BCUT2D eigenvalue weighted by molar-refractivity contribution is 0.281. The van der Waals surface area contributed by atoms with Crippen LogP contribution in [0.2, 0.25) is 5.02 Å². The first kappa shape index (κ1) is 9.36. The van der Waals surface area contributed by atoms with Crippen LogP contribution in [0.5, 0.6) is 0 Å². The lowest BCUT2D eigenvalue weighted by atomic mass is 10.3. The van der Waals surface area contributed by atoms with E-state index in [1.54, 1.807) is 0 Å². The first-order valence-electron chi connectivity index (χ1n) is 3.86. The second kappa shape index (κ2) is 4.33. The first-order valence-corrected chi connectivity index (χ1v) is 4.23. The summed E-state index contributed by atoms with van der Waals surface area (Å²) in [4.78, 5) is 0. The molecule has 1 aromatic carbocycles. The number of hydrogen-bond acceptors (Lipinski definition) is 2. The van der Waals surface area contributed by atoms with Gasteiger partial charge in [0.25, 0.3) is 0 Å². The van der Waals surface area contributed by atoms with Crippen LogP contribution in [0, 0.1) is 0 Å². The summed E-state index contributed by atoms with van der Waals surface area (Å²) in [6, 6.07) is 7.50. The molecule has 0 fully saturated rings. The lowest BCUT2D eigenvalue weighted by Gasteiger charge is -2.12. The zero-order chi connectivity index (χ0) is 8.97. The van der Waals surface area contributed by atoms with Crippen LogP contribution in [-0.4, -0.2) is 17.8 Å². The molecule has 0 aromatic heterocycles. The molecule has 0 radical (unpaired) electrons. The molecule has 0 bridgehead atoms. The van der Waals surface area contributed by atoms with Gasteiger partial charge >= 0.3 is 0 Å². The number of benzene rings is 1. The predicted octanol–water partition coefficient (Wildman–Crippen LogP) is 2.13. The molecule has 1 rings (SSSR count). The van der Waals surface area contributed by atoms with Crippen molar-refractivity contribution in [3.8, 4) is 0 Å². The average Bonchev–Trinajstić information content (AvgIpc) is 2.09. The van der Waals surface area contributed by atoms with E-state index in [-0.39, 0.29) is 12.6 Å². The number of nitrogens with one attached hydrogen (secondary N) is 1. The minimum atomic E-state index is 0.0323. The Labute approximate surface area is 77.2 Å². The molecular formula is C9H12ClNO. The minimum Gasteiger partial charge on any atom is -0.394 e. The van der Waals surface area contributed by atoms with E-state index in [1.807, 2.05) is 31.2 Å². The summed E-state index contributed by atoms with van der Waals surface area (Å²) in [6.45, 7) is 1.99. The van der Waals surface area contributed by atoms with E-state index in [0.29, 0.717) is 5.02 Å². The molecule has 1 atom stereocenters. The smallest absolute Gasteiger partial charge is 0.0637 e. The van der Waals surface area contributed by atoms with E-state index in [1.165, 1.54) is 0 Å². The summed E-state index contributed by atoms with van der Waals surface area (Å²) in [5.41, 5.74) is 0.862. The zero-order valence-electron chi connectivity index (χ0n) is 6.92. The molecule has 0 saturated heterocycles. The van der Waals surface area contributed by atoms with Gasteiger partial charge < -0.3 is 10.4 Å². The van der Waals surface area contributed by atoms with Crippen molar-refractivity contribution in [2.24, 2.45) is 0 Å². The molecule has 1 aromatic rings. The van der Waals surface area contributed by atoms with Crippen LogP contribution in [-0.2, 0) is 0 Å². The summed E-state index contributed by atoms with van der Waals surface area (Å²) in [6.07, 6.45) is 0. The van der Waals surface area contributed by atoms with Gasteiger partial charge in [0.15, 0.2) is 0 Å². The Bertz CT molecular complexity index is 252. The first-order chi connectivity index (χ1) is 5.74. The van der Waals surface area contributed by atoms with Crippen LogP contribution >= 0.6 is 11.6 Å². The second-order valence-corrected chi connectivity index (χ2v) is 3.12. The molecule has 0 aliphatic heterocycles. The number of hydrogen-bond donors (Lipinski definition) is 2. The molecular weight excluding hydrogens is 174 g/mol. The van der Waals surface area contributed by atoms with Crippen LogP contribution in [0.3, 0.4) is 0 Å². The van der Waals surface area contributed by atoms with Crippen molar-refractivity contribution < 1.29 is 5.11 Å². The molecule has 0 aliphatic rings. The highest BCUT2D eigenvalue weighted by Crippen LogP contribution is 2.20. The van der Waals surface area contributed by atoms with E-state index in [4.69, 9.17) is 16.7 Å². The summed E-state index contributed by atoms with van der Waals surface area (Å²) in [5.74, 6) is 0. The summed E-state index contributed by atoms with van der Waals surface area (Å²) < 4.78 is 0. The van der Waals surface area contributed by atoms with Crippen molar-refractivity contribution in [3.63, 3.8) is 0 Å². The predicted molar refractivity (Wildman–Crippen MR) is 51.6 cm³/mol. The van der Waals surface area contributed by atoms with E-state index in [9.17, 15) is 0 Å². The van der Waals surface area contributed by atoms with Crippen molar-refractivity contribution in [1.82, 2.24) is 0 Å². The monoisotopic (exact) mass is 185 g/mol. The second-order valence-electron chi connectivity index (χ2n) is 2.71. The van der Waals surface area contributed by atoms with Crippen molar-refractivity contribution >= 4 is 17.3 Å². The third kappa shape index (κ3) is 2.40. The normalized spacial score (nSPS) is 12.6. The lowest BCUT2D eigenvalue weighted by Crippen LogP contribution is -2.19. The number of aliphatic hydroxyl groups is 1. The molecule has 66 valence electrons. The number of aliphatic hydroxyl groups excluding tert-OH is 1. The molecule has 2 nitrogen and oxygen atoms in total. The highest BCUT2D eigenvalue weighted by Gasteiger charge is 2.01. The Hall–Kier alpha value is -0.730. The maximum absolute atomic E-state index is 8.78. The van der Waals surface area contributed by atoms with E-state index in [0.717, 1.165) is 5.69 Å². The Kier molecular flexibility index (Phi) is 3.38. The third-order valence-corrected chi connectivity index (χ3v) is 1.88. The number of para-hydroxylation sites is 1. The summed E-state index contributed by atoms with van der Waals surface area (Å²) >= 11 is 5.88. The molecule has 1 unspecified atom stereocenters. The summed E-state index contributed by atoms with van der Waals surface area (Å²) in [7, 11) is 0. The standard InChI is InChI=1S/C9H12ClNO/c1-7(6-12)11-9-5-3-2-4-8(9)10/h2-5,7,11-12H,6H2,1H3. The quantitative estimate of drug-likeness (QED) is 0.756. The van der Waals surface area contributed by atoms with Crippen LogP contribution in [0.25, 0.3) is 0 Å². The van der Waals surface area contributed by atoms with E-state index in [2.05, 4.69) is 5.32 Å². The molecule has 0 amide bonds. The van der Waals surface area contributed by atoms with Gasteiger partial charge in [-0.15, -0.1) is 0 Å². The molecule has 12 heavy (non-hydrogen) atoms. The van der Waals surface area contributed by atoms with Gasteiger partial charge in [-0.05, 0) is 19.1 Å². The molecule has 3 heteroatoms. The van der Waals surface area contributed by atoms with Crippen molar-refractivity contribution in [1.29, 1.82) is 0 Å². The molecule has 0 heterocycles. The third-order valence-electron chi connectivity index (χ3n) is 1.55. The van der Waals surface area contributed by atoms with Gasteiger partial charge in [0, 0.05) is 6.04 Å². The minimum absolute atomic E-state index is 0.0323. The molecule has 0 saturated carbocycles.